The first-order valence-corrected chi connectivity index (χ1v) is 7.44. The number of piperazine rings is 1. The predicted octanol–water partition coefficient (Wildman–Crippen LogP) is 2.05. The maximum Gasteiger partial charge on any atom is 0.255 e. The Kier molecular flexibility index (Phi) is 6.94. The molecule has 1 aromatic rings. The molecule has 1 aliphatic heterocycles. The van der Waals surface area contributed by atoms with E-state index in [4.69, 9.17) is 28.9 Å². The quantitative estimate of drug-likeness (QED) is 0.871. The van der Waals surface area contributed by atoms with Crippen LogP contribution in [0.5, 0.6) is 0 Å². The SMILES string of the molecule is C[C@@H](N)C(=O)N1CCN(C(=O)c2ccc(Cl)cc2Cl)CC1.Cl. The third kappa shape index (κ3) is 4.26. The van der Waals surface area contributed by atoms with Crippen LogP contribution in [0.1, 0.15) is 17.3 Å². The highest BCUT2D eigenvalue weighted by atomic mass is 35.5. The third-order valence-corrected chi connectivity index (χ3v) is 3.98. The average molecular weight is 367 g/mol. The van der Waals surface area contributed by atoms with Crippen molar-refractivity contribution in [2.24, 2.45) is 5.73 Å². The van der Waals surface area contributed by atoms with Crippen molar-refractivity contribution in [1.82, 2.24) is 9.80 Å². The first-order chi connectivity index (χ1) is 9.90. The van der Waals surface area contributed by atoms with Crippen molar-refractivity contribution in [1.29, 1.82) is 0 Å². The molecule has 0 unspecified atom stereocenters. The number of carbonyl (C=O) groups is 2. The fraction of sp³-hybridized carbons (Fsp3) is 0.429. The summed E-state index contributed by atoms with van der Waals surface area (Å²) in [5.74, 6) is -0.240. The number of nitrogens with two attached hydrogens (primary N) is 1. The van der Waals surface area contributed by atoms with Gasteiger partial charge >= 0.3 is 0 Å². The van der Waals surface area contributed by atoms with Crippen LogP contribution in [0.3, 0.4) is 0 Å². The Balaban J connectivity index is 0.00000242. The van der Waals surface area contributed by atoms with E-state index in [1.165, 1.54) is 0 Å². The predicted molar refractivity (Wildman–Crippen MR) is 89.8 cm³/mol. The van der Waals surface area contributed by atoms with Crippen LogP contribution >= 0.6 is 35.6 Å². The summed E-state index contributed by atoms with van der Waals surface area (Å²) < 4.78 is 0. The molecule has 0 spiro atoms. The number of benzene rings is 1. The van der Waals surface area contributed by atoms with E-state index in [-0.39, 0.29) is 24.2 Å². The number of carbonyl (C=O) groups excluding carboxylic acids is 2. The van der Waals surface area contributed by atoms with E-state index in [2.05, 4.69) is 0 Å². The van der Waals surface area contributed by atoms with Gasteiger partial charge in [0.15, 0.2) is 0 Å². The van der Waals surface area contributed by atoms with Gasteiger partial charge in [0.25, 0.3) is 5.91 Å². The zero-order chi connectivity index (χ0) is 15.6. The lowest BCUT2D eigenvalue weighted by atomic mass is 10.1. The second kappa shape index (κ2) is 8.02. The molecule has 2 amide bonds. The number of halogens is 3. The molecule has 22 heavy (non-hydrogen) atoms. The largest absolute Gasteiger partial charge is 0.338 e. The maximum atomic E-state index is 12.4. The van der Waals surface area contributed by atoms with Gasteiger partial charge in [-0.3, -0.25) is 9.59 Å². The number of hydrogen-bond acceptors (Lipinski definition) is 3. The van der Waals surface area contributed by atoms with Crippen LogP contribution < -0.4 is 5.73 Å². The van der Waals surface area contributed by atoms with Crippen molar-refractivity contribution in [3.63, 3.8) is 0 Å². The van der Waals surface area contributed by atoms with E-state index >= 15 is 0 Å². The first-order valence-electron chi connectivity index (χ1n) is 6.69. The summed E-state index contributed by atoms with van der Waals surface area (Å²) in [6, 6.07) is 4.29. The summed E-state index contributed by atoms with van der Waals surface area (Å²) in [6.45, 7) is 3.56. The van der Waals surface area contributed by atoms with E-state index in [1.54, 1.807) is 34.9 Å². The smallest absolute Gasteiger partial charge is 0.255 e. The van der Waals surface area contributed by atoms with Crippen molar-refractivity contribution in [3.05, 3.63) is 33.8 Å². The van der Waals surface area contributed by atoms with Crippen LogP contribution in [-0.4, -0.2) is 53.8 Å². The van der Waals surface area contributed by atoms with Crippen LogP contribution in [0.2, 0.25) is 10.0 Å². The molecule has 0 saturated carbocycles. The van der Waals surface area contributed by atoms with Gasteiger partial charge in [0.1, 0.15) is 0 Å². The molecule has 0 aliphatic carbocycles. The monoisotopic (exact) mass is 365 g/mol. The topological polar surface area (TPSA) is 66.6 Å². The fourth-order valence-corrected chi connectivity index (χ4v) is 2.74. The summed E-state index contributed by atoms with van der Waals surface area (Å²) in [5, 5.41) is 0.825. The summed E-state index contributed by atoms with van der Waals surface area (Å²) in [5.41, 5.74) is 6.01. The zero-order valence-corrected chi connectivity index (χ0v) is 14.4. The maximum absolute atomic E-state index is 12.4. The molecule has 1 aliphatic rings. The molecule has 1 aromatic carbocycles. The Morgan fingerprint density at radius 3 is 2.18 bits per heavy atom. The molecule has 1 saturated heterocycles. The van der Waals surface area contributed by atoms with Gasteiger partial charge < -0.3 is 15.5 Å². The molecule has 0 radical (unpaired) electrons. The second-order valence-electron chi connectivity index (χ2n) is 5.03. The summed E-state index contributed by atoms with van der Waals surface area (Å²) in [6.07, 6.45) is 0. The number of hydrogen-bond donors (Lipinski definition) is 1. The average Bonchev–Trinajstić information content (AvgIpc) is 2.46. The number of amides is 2. The van der Waals surface area contributed by atoms with Gasteiger partial charge in [0.05, 0.1) is 16.6 Å². The van der Waals surface area contributed by atoms with E-state index in [0.29, 0.717) is 41.8 Å². The van der Waals surface area contributed by atoms with E-state index in [1.807, 2.05) is 0 Å². The van der Waals surface area contributed by atoms with Crippen LogP contribution in [0.25, 0.3) is 0 Å². The molecule has 2 N–H and O–H groups in total. The summed E-state index contributed by atoms with van der Waals surface area (Å²) in [4.78, 5) is 27.6. The lowest BCUT2D eigenvalue weighted by Gasteiger charge is -2.35. The minimum atomic E-state index is -0.516. The highest BCUT2D eigenvalue weighted by Gasteiger charge is 2.26. The lowest BCUT2D eigenvalue weighted by Crippen LogP contribution is -2.53. The standard InChI is InChI=1S/C14H17Cl2N3O2.ClH/c1-9(17)13(20)18-4-6-19(7-5-18)14(21)11-3-2-10(15)8-12(11)16;/h2-3,8-9H,4-7,17H2,1H3;1H/t9-;/m1./s1. The first kappa shape index (κ1) is 19.0. The minimum Gasteiger partial charge on any atom is -0.338 e. The van der Waals surface area contributed by atoms with E-state index < -0.39 is 6.04 Å². The Bertz CT molecular complexity index is 558. The molecule has 122 valence electrons. The summed E-state index contributed by atoms with van der Waals surface area (Å²) >= 11 is 11.9. The van der Waals surface area contributed by atoms with Gasteiger partial charge in [-0.25, -0.2) is 0 Å². The van der Waals surface area contributed by atoms with Crippen LogP contribution in [0.15, 0.2) is 18.2 Å². The van der Waals surface area contributed by atoms with E-state index in [9.17, 15) is 9.59 Å². The fourth-order valence-electron chi connectivity index (χ4n) is 2.25. The molecule has 1 heterocycles. The number of nitrogens with zero attached hydrogens (tertiary/aromatic N) is 2. The summed E-state index contributed by atoms with van der Waals surface area (Å²) in [7, 11) is 0. The van der Waals surface area contributed by atoms with Crippen molar-refractivity contribution >= 4 is 47.4 Å². The molecule has 8 heteroatoms. The van der Waals surface area contributed by atoms with Crippen molar-refractivity contribution in [2.75, 3.05) is 26.2 Å². The molecule has 0 bridgehead atoms. The Hall–Kier alpha value is -1.01. The molecule has 1 atom stereocenters. The second-order valence-corrected chi connectivity index (χ2v) is 5.87. The Morgan fingerprint density at radius 1 is 1.14 bits per heavy atom. The van der Waals surface area contributed by atoms with Gasteiger partial charge in [0.2, 0.25) is 5.91 Å². The Labute approximate surface area is 145 Å². The van der Waals surface area contributed by atoms with E-state index in [0.717, 1.165) is 0 Å². The number of rotatable bonds is 2. The molecule has 5 nitrogen and oxygen atoms in total. The normalized spacial score (nSPS) is 16.0. The molecule has 0 aromatic heterocycles. The van der Waals surface area contributed by atoms with Gasteiger partial charge in [-0.2, -0.15) is 0 Å². The van der Waals surface area contributed by atoms with Crippen molar-refractivity contribution in [2.45, 2.75) is 13.0 Å². The molecular weight excluding hydrogens is 349 g/mol. The minimum absolute atomic E-state index is 0. The van der Waals surface area contributed by atoms with Gasteiger partial charge in [-0.05, 0) is 25.1 Å². The molecule has 1 fully saturated rings. The van der Waals surface area contributed by atoms with Crippen molar-refractivity contribution < 1.29 is 9.59 Å². The third-order valence-electron chi connectivity index (χ3n) is 3.43. The van der Waals surface area contributed by atoms with Gasteiger partial charge in [0, 0.05) is 31.2 Å². The Morgan fingerprint density at radius 2 is 1.68 bits per heavy atom. The highest BCUT2D eigenvalue weighted by molar-refractivity contribution is 6.36. The highest BCUT2D eigenvalue weighted by Crippen LogP contribution is 2.22. The van der Waals surface area contributed by atoms with Crippen LogP contribution in [0.4, 0.5) is 0 Å². The van der Waals surface area contributed by atoms with Gasteiger partial charge in [-0.1, -0.05) is 23.2 Å². The van der Waals surface area contributed by atoms with Crippen LogP contribution in [-0.2, 0) is 4.79 Å². The molecular formula is C14H18Cl3N3O2. The lowest BCUT2D eigenvalue weighted by molar-refractivity contribution is -0.133. The van der Waals surface area contributed by atoms with Crippen molar-refractivity contribution in [3.8, 4) is 0 Å². The zero-order valence-electron chi connectivity index (χ0n) is 12.1. The van der Waals surface area contributed by atoms with Gasteiger partial charge in [-0.15, -0.1) is 12.4 Å². The van der Waals surface area contributed by atoms with Crippen LogP contribution in [0, 0.1) is 0 Å². The molecule has 2 rings (SSSR count).